The topological polar surface area (TPSA) is 123 Å². The molecule has 8 nitrogen and oxygen atoms in total. The van der Waals surface area contributed by atoms with E-state index in [1.807, 2.05) is 19.1 Å². The van der Waals surface area contributed by atoms with E-state index < -0.39 is 42.4 Å². The van der Waals surface area contributed by atoms with Crippen molar-refractivity contribution < 1.29 is 32.3 Å². The highest BCUT2D eigenvalue weighted by atomic mass is 35.5. The lowest BCUT2D eigenvalue weighted by atomic mass is 10.0. The summed E-state index contributed by atoms with van der Waals surface area (Å²) in [6.45, 7) is 2.74. The zero-order valence-corrected chi connectivity index (χ0v) is 25.4. The number of amides is 3. The van der Waals surface area contributed by atoms with Crippen molar-refractivity contribution in [2.75, 3.05) is 6.61 Å². The lowest BCUT2D eigenvalue weighted by Crippen LogP contribution is -2.55. The Hall–Kier alpha value is -3.80. The number of ether oxygens (including phenoxy) is 1. The molecule has 13 heteroatoms. The number of halogens is 5. The first-order chi connectivity index (χ1) is 20.9. The number of rotatable bonds is 14. The lowest BCUT2D eigenvalue weighted by Gasteiger charge is -2.24. The smallest absolute Gasteiger partial charge is 0.397 e. The number of alkyl halides is 3. The average Bonchev–Trinajstić information content (AvgIpc) is 2.97. The molecule has 0 aliphatic carbocycles. The molecule has 3 aromatic rings. The second-order valence-electron chi connectivity index (χ2n) is 9.95. The Balaban J connectivity index is 1.83. The van der Waals surface area contributed by atoms with Gasteiger partial charge in [0.25, 0.3) is 0 Å². The summed E-state index contributed by atoms with van der Waals surface area (Å²) in [6, 6.07) is 15.9. The van der Waals surface area contributed by atoms with Crippen molar-refractivity contribution in [3.63, 3.8) is 0 Å². The van der Waals surface area contributed by atoms with Gasteiger partial charge in [-0.2, -0.15) is 13.2 Å². The van der Waals surface area contributed by atoms with Crippen molar-refractivity contribution in [3.05, 3.63) is 99.0 Å². The number of benzene rings is 3. The number of carbonyl (C=O) groups excluding carboxylic acids is 3. The van der Waals surface area contributed by atoms with Crippen molar-refractivity contribution in [2.45, 2.75) is 57.5 Å². The Morgan fingerprint density at radius 3 is 1.95 bits per heavy atom. The van der Waals surface area contributed by atoms with Gasteiger partial charge in [-0.05, 0) is 53.4 Å². The van der Waals surface area contributed by atoms with Gasteiger partial charge in [0.15, 0.2) is 0 Å². The lowest BCUT2D eigenvalue weighted by molar-refractivity contribution is -0.155. The van der Waals surface area contributed by atoms with Gasteiger partial charge in [0.2, 0.25) is 17.7 Å². The quantitative estimate of drug-likeness (QED) is 0.198. The van der Waals surface area contributed by atoms with Crippen LogP contribution in [0.5, 0.6) is 5.75 Å². The van der Waals surface area contributed by atoms with Crippen molar-refractivity contribution in [1.82, 2.24) is 16.0 Å². The Morgan fingerprint density at radius 1 is 0.795 bits per heavy atom. The summed E-state index contributed by atoms with van der Waals surface area (Å²) < 4.78 is 44.2. The molecular weight excluding hydrogens is 620 g/mol. The van der Waals surface area contributed by atoms with Crippen LogP contribution >= 0.6 is 23.2 Å². The first-order valence-corrected chi connectivity index (χ1v) is 14.5. The summed E-state index contributed by atoms with van der Waals surface area (Å²) in [5, 5.41) is 8.09. The highest BCUT2D eigenvalue weighted by Crippen LogP contribution is 2.24. The van der Waals surface area contributed by atoms with Crippen LogP contribution in [-0.2, 0) is 40.3 Å². The molecule has 44 heavy (non-hydrogen) atoms. The normalized spacial score (nSPS) is 12.6. The van der Waals surface area contributed by atoms with Crippen LogP contribution in [-0.4, -0.2) is 42.6 Å². The largest absolute Gasteiger partial charge is 0.494 e. The Bertz CT molecular complexity index is 1420. The molecule has 5 N–H and O–H groups in total. The van der Waals surface area contributed by atoms with E-state index in [1.54, 1.807) is 54.6 Å². The molecule has 3 rings (SSSR count). The van der Waals surface area contributed by atoms with E-state index in [-0.39, 0.29) is 24.4 Å². The Labute approximate surface area is 263 Å². The number of nitrogens with one attached hydrogen (secondary N) is 3. The fourth-order valence-corrected chi connectivity index (χ4v) is 4.57. The Morgan fingerprint density at radius 2 is 1.36 bits per heavy atom. The molecule has 0 aromatic heterocycles. The number of nitrogens with two attached hydrogens (primary N) is 1. The second-order valence-corrected chi connectivity index (χ2v) is 10.8. The van der Waals surface area contributed by atoms with Gasteiger partial charge in [-0.3, -0.25) is 14.4 Å². The molecule has 0 radical (unpaired) electrons. The predicted octanol–water partition coefficient (Wildman–Crippen LogP) is 4.87. The summed E-state index contributed by atoms with van der Waals surface area (Å²) in [4.78, 5) is 39.1. The van der Waals surface area contributed by atoms with Crippen LogP contribution in [0.25, 0.3) is 0 Å². The van der Waals surface area contributed by atoms with E-state index in [0.29, 0.717) is 35.1 Å². The van der Waals surface area contributed by atoms with Gasteiger partial charge in [-0.1, -0.05) is 65.7 Å². The van der Waals surface area contributed by atoms with Gasteiger partial charge in [0, 0.05) is 25.9 Å². The van der Waals surface area contributed by atoms with Crippen LogP contribution in [0.2, 0.25) is 10.0 Å². The summed E-state index contributed by atoms with van der Waals surface area (Å²) in [5.74, 6) is -2.22. The van der Waals surface area contributed by atoms with Crippen LogP contribution in [0, 0.1) is 0 Å². The third kappa shape index (κ3) is 11.4. The van der Waals surface area contributed by atoms with Crippen molar-refractivity contribution >= 4 is 40.9 Å². The monoisotopic (exact) mass is 652 g/mol. The van der Waals surface area contributed by atoms with Crippen molar-refractivity contribution in [1.29, 1.82) is 0 Å². The van der Waals surface area contributed by atoms with E-state index in [1.165, 1.54) is 0 Å². The standard InChI is InChI=1S/C31H33Cl2F3N4O4/c1-2-44-23-10-7-19(8-11-23)14-27(39-28(41)16-31(34,35)36)30(43)40-26(15-22-9-12-24(32)25(33)13-22)29(42)38-18-21-5-3-20(17-37)4-6-21/h3-13,26-27H,2,14-18,37H2,1H3,(H,38,42)(H,39,41)(H,40,43)/t26-,27+/m0/s1. The summed E-state index contributed by atoms with van der Waals surface area (Å²) >= 11 is 12.2. The molecule has 0 bridgehead atoms. The molecule has 0 heterocycles. The van der Waals surface area contributed by atoms with Gasteiger partial charge >= 0.3 is 6.18 Å². The minimum Gasteiger partial charge on any atom is -0.494 e. The molecule has 0 saturated carbocycles. The zero-order chi connectivity index (χ0) is 32.3. The highest BCUT2D eigenvalue weighted by molar-refractivity contribution is 6.42. The van der Waals surface area contributed by atoms with Gasteiger partial charge in [0.05, 0.1) is 16.7 Å². The van der Waals surface area contributed by atoms with Crippen LogP contribution in [0.1, 0.15) is 35.6 Å². The van der Waals surface area contributed by atoms with E-state index in [9.17, 15) is 27.6 Å². The van der Waals surface area contributed by atoms with Gasteiger partial charge in [-0.15, -0.1) is 0 Å². The van der Waals surface area contributed by atoms with E-state index >= 15 is 0 Å². The molecule has 3 aromatic carbocycles. The molecule has 0 fully saturated rings. The van der Waals surface area contributed by atoms with Crippen LogP contribution in [0.4, 0.5) is 13.2 Å². The fraction of sp³-hybridized carbons (Fsp3) is 0.323. The summed E-state index contributed by atoms with van der Waals surface area (Å²) in [6.07, 6.45) is -6.71. The second kappa shape index (κ2) is 16.3. The SMILES string of the molecule is CCOc1ccc(C[C@@H](NC(=O)CC(F)(F)F)C(=O)N[C@@H](Cc2ccc(Cl)c(Cl)c2)C(=O)NCc2ccc(CN)cc2)cc1. The maximum absolute atomic E-state index is 13.5. The summed E-state index contributed by atoms with van der Waals surface area (Å²) in [7, 11) is 0. The molecule has 0 saturated heterocycles. The molecule has 3 amide bonds. The third-order valence-electron chi connectivity index (χ3n) is 6.47. The van der Waals surface area contributed by atoms with Crippen LogP contribution in [0.15, 0.2) is 66.7 Å². The number of carbonyl (C=O) groups is 3. The van der Waals surface area contributed by atoms with E-state index in [0.717, 1.165) is 11.1 Å². The molecule has 0 aliphatic heterocycles. The highest BCUT2D eigenvalue weighted by Gasteiger charge is 2.34. The maximum atomic E-state index is 13.5. The third-order valence-corrected chi connectivity index (χ3v) is 7.21. The van der Waals surface area contributed by atoms with Crippen LogP contribution in [0.3, 0.4) is 0 Å². The Kier molecular flexibility index (Phi) is 12.9. The predicted molar refractivity (Wildman–Crippen MR) is 162 cm³/mol. The van der Waals surface area contributed by atoms with Crippen molar-refractivity contribution in [2.24, 2.45) is 5.73 Å². The fourth-order valence-electron chi connectivity index (χ4n) is 4.25. The van der Waals surface area contributed by atoms with Gasteiger partial charge < -0.3 is 26.4 Å². The maximum Gasteiger partial charge on any atom is 0.397 e. The molecule has 236 valence electrons. The molecule has 0 spiro atoms. The zero-order valence-electron chi connectivity index (χ0n) is 23.8. The van der Waals surface area contributed by atoms with Gasteiger partial charge in [0.1, 0.15) is 24.3 Å². The van der Waals surface area contributed by atoms with Gasteiger partial charge in [-0.25, -0.2) is 0 Å². The molecule has 2 atom stereocenters. The minimum atomic E-state index is -4.77. The molecule has 0 unspecified atom stereocenters. The minimum absolute atomic E-state index is 0.0210. The average molecular weight is 654 g/mol. The number of hydrogen-bond acceptors (Lipinski definition) is 5. The molecule has 0 aliphatic rings. The first-order valence-electron chi connectivity index (χ1n) is 13.7. The van der Waals surface area contributed by atoms with Crippen LogP contribution < -0.4 is 26.4 Å². The first kappa shape index (κ1) is 34.7. The molecular formula is C31H33Cl2F3N4O4. The van der Waals surface area contributed by atoms with Crippen molar-refractivity contribution in [3.8, 4) is 5.75 Å². The number of hydrogen-bond donors (Lipinski definition) is 4. The van der Waals surface area contributed by atoms with E-state index in [2.05, 4.69) is 16.0 Å². The summed E-state index contributed by atoms with van der Waals surface area (Å²) in [5.41, 5.74) is 8.45. The van der Waals surface area contributed by atoms with E-state index in [4.69, 9.17) is 33.7 Å².